The van der Waals surface area contributed by atoms with Crippen LogP contribution < -0.4 is 9.80 Å². The largest absolute Gasteiger partial charge is 0.378 e. The minimum Gasteiger partial charge on any atom is -0.378 e. The Labute approximate surface area is 140 Å². The van der Waals surface area contributed by atoms with E-state index in [9.17, 15) is 0 Å². The van der Waals surface area contributed by atoms with Gasteiger partial charge in [-0.3, -0.25) is 0 Å². The molecule has 3 rings (SSSR count). The van der Waals surface area contributed by atoms with E-state index in [0.717, 1.165) is 5.57 Å². The van der Waals surface area contributed by atoms with E-state index in [1.165, 1.54) is 54.0 Å². The Bertz CT molecular complexity index is 692. The molecule has 120 valence electrons. The lowest BCUT2D eigenvalue weighted by Crippen LogP contribution is -2.17. The highest BCUT2D eigenvalue weighted by Gasteiger charge is 2.14. The third kappa shape index (κ3) is 3.26. The normalized spacial score (nSPS) is 14.1. The van der Waals surface area contributed by atoms with Crippen LogP contribution in [0.5, 0.6) is 0 Å². The molecule has 0 bridgehead atoms. The van der Waals surface area contributed by atoms with Crippen LogP contribution in [0.3, 0.4) is 0 Å². The molecule has 1 aliphatic rings. The lowest BCUT2D eigenvalue weighted by Gasteiger charge is -2.20. The fraction of sp³-hybridized carbons (Fsp3) is 0.333. The molecule has 1 saturated heterocycles. The second-order valence-corrected chi connectivity index (χ2v) is 6.61. The minimum absolute atomic E-state index is 1.10. The van der Waals surface area contributed by atoms with E-state index in [4.69, 9.17) is 0 Å². The predicted molar refractivity (Wildman–Crippen MR) is 102 cm³/mol. The van der Waals surface area contributed by atoms with Gasteiger partial charge in [-0.05, 0) is 66.3 Å². The Kier molecular flexibility index (Phi) is 4.42. The summed E-state index contributed by atoms with van der Waals surface area (Å²) in [6.45, 7) is 8.89. The minimum atomic E-state index is 1.10. The van der Waals surface area contributed by atoms with Crippen molar-refractivity contribution in [2.24, 2.45) is 0 Å². The second-order valence-electron chi connectivity index (χ2n) is 6.61. The van der Waals surface area contributed by atoms with Crippen molar-refractivity contribution in [2.75, 3.05) is 37.0 Å². The average Bonchev–Trinajstić information content (AvgIpc) is 3.08. The monoisotopic (exact) mass is 306 g/mol. The van der Waals surface area contributed by atoms with E-state index in [1.807, 2.05) is 0 Å². The molecule has 2 nitrogen and oxygen atoms in total. The summed E-state index contributed by atoms with van der Waals surface area (Å²) >= 11 is 0. The molecule has 1 aliphatic heterocycles. The zero-order valence-corrected chi connectivity index (χ0v) is 14.5. The van der Waals surface area contributed by atoms with Gasteiger partial charge < -0.3 is 9.80 Å². The van der Waals surface area contributed by atoms with Crippen LogP contribution >= 0.6 is 0 Å². The first-order chi connectivity index (χ1) is 11.1. The van der Waals surface area contributed by atoms with E-state index in [1.54, 1.807) is 0 Å². The number of hydrogen-bond donors (Lipinski definition) is 0. The summed E-state index contributed by atoms with van der Waals surface area (Å²) in [6.07, 6.45) is 2.62. The van der Waals surface area contributed by atoms with Crippen LogP contribution in [-0.4, -0.2) is 27.2 Å². The van der Waals surface area contributed by atoms with Crippen molar-refractivity contribution >= 4 is 16.9 Å². The van der Waals surface area contributed by atoms with Crippen molar-refractivity contribution in [1.82, 2.24) is 0 Å². The first kappa shape index (κ1) is 15.7. The molecule has 0 aliphatic carbocycles. The van der Waals surface area contributed by atoms with Crippen molar-refractivity contribution in [3.63, 3.8) is 0 Å². The van der Waals surface area contributed by atoms with Gasteiger partial charge in [-0.2, -0.15) is 0 Å². The highest BCUT2D eigenvalue weighted by molar-refractivity contribution is 5.81. The molecule has 0 saturated carbocycles. The molecule has 0 unspecified atom stereocenters. The van der Waals surface area contributed by atoms with Crippen LogP contribution in [0.2, 0.25) is 0 Å². The van der Waals surface area contributed by atoms with Gasteiger partial charge in [0, 0.05) is 38.6 Å². The predicted octanol–water partition coefficient (Wildman–Crippen LogP) is 4.72. The van der Waals surface area contributed by atoms with E-state index >= 15 is 0 Å². The number of aryl methyl sites for hydroxylation is 1. The number of benzene rings is 2. The Hall–Kier alpha value is -2.22. The quantitative estimate of drug-likeness (QED) is 0.806. The van der Waals surface area contributed by atoms with E-state index < -0.39 is 0 Å². The smallest absolute Gasteiger partial charge is 0.0369 e. The zero-order valence-electron chi connectivity index (χ0n) is 14.5. The fourth-order valence-corrected chi connectivity index (χ4v) is 3.27. The molecule has 0 amide bonds. The summed E-state index contributed by atoms with van der Waals surface area (Å²) in [6, 6.07) is 15.4. The van der Waals surface area contributed by atoms with Gasteiger partial charge in [-0.15, -0.1) is 0 Å². The molecule has 0 atom stereocenters. The molecule has 0 N–H and O–H groups in total. The Morgan fingerprint density at radius 1 is 1.00 bits per heavy atom. The molecule has 0 radical (unpaired) electrons. The highest BCUT2D eigenvalue weighted by Crippen LogP contribution is 2.29. The molecule has 1 heterocycles. The van der Waals surface area contributed by atoms with Crippen LogP contribution in [-0.2, 0) is 0 Å². The summed E-state index contributed by atoms with van der Waals surface area (Å²) in [5, 5.41) is 0. The zero-order chi connectivity index (χ0) is 16.4. The Morgan fingerprint density at radius 3 is 2.22 bits per heavy atom. The number of nitrogens with zero attached hydrogens (tertiary/aromatic N) is 2. The average molecular weight is 306 g/mol. The maximum Gasteiger partial charge on any atom is 0.0369 e. The lowest BCUT2D eigenvalue weighted by molar-refractivity contribution is 0.949. The molecule has 23 heavy (non-hydrogen) atoms. The van der Waals surface area contributed by atoms with Crippen molar-refractivity contribution in [3.8, 4) is 0 Å². The molecule has 2 aromatic rings. The summed E-state index contributed by atoms with van der Waals surface area (Å²) < 4.78 is 0. The molecular weight excluding hydrogens is 280 g/mol. The van der Waals surface area contributed by atoms with E-state index in [-0.39, 0.29) is 0 Å². The maximum absolute atomic E-state index is 4.33. The standard InChI is InChI=1S/C21H26N2/c1-16-15-20(23-13-5-6-14-23)11-12-21(16)17(2)18-7-9-19(10-8-18)22(3)4/h7-12,15H,2,5-6,13-14H2,1,3-4H3. The van der Waals surface area contributed by atoms with Gasteiger partial charge in [0.1, 0.15) is 0 Å². The van der Waals surface area contributed by atoms with E-state index in [0.29, 0.717) is 0 Å². The van der Waals surface area contributed by atoms with Crippen LogP contribution in [0.25, 0.3) is 5.57 Å². The highest BCUT2D eigenvalue weighted by atomic mass is 15.1. The first-order valence-electron chi connectivity index (χ1n) is 8.39. The van der Waals surface area contributed by atoms with Gasteiger partial charge in [0.25, 0.3) is 0 Å². The van der Waals surface area contributed by atoms with Crippen molar-refractivity contribution in [2.45, 2.75) is 19.8 Å². The first-order valence-corrected chi connectivity index (χ1v) is 8.39. The fourth-order valence-electron chi connectivity index (χ4n) is 3.27. The Morgan fingerprint density at radius 2 is 1.65 bits per heavy atom. The summed E-state index contributed by atoms with van der Waals surface area (Å²) in [7, 11) is 4.12. The van der Waals surface area contributed by atoms with Crippen LogP contribution in [0.15, 0.2) is 49.0 Å². The summed E-state index contributed by atoms with van der Waals surface area (Å²) in [5.74, 6) is 0. The summed E-state index contributed by atoms with van der Waals surface area (Å²) in [5.41, 5.74) is 7.39. The lowest BCUT2D eigenvalue weighted by atomic mass is 9.95. The maximum atomic E-state index is 4.33. The van der Waals surface area contributed by atoms with Gasteiger partial charge in [0.15, 0.2) is 0 Å². The van der Waals surface area contributed by atoms with E-state index in [2.05, 4.69) is 79.9 Å². The molecule has 2 heteroatoms. The molecule has 1 fully saturated rings. The number of rotatable bonds is 4. The SMILES string of the molecule is C=C(c1ccc(N(C)C)cc1)c1ccc(N2CCCC2)cc1C. The van der Waals surface area contributed by atoms with Crippen LogP contribution in [0.4, 0.5) is 11.4 Å². The second kappa shape index (κ2) is 6.49. The van der Waals surface area contributed by atoms with Gasteiger partial charge in [0.05, 0.1) is 0 Å². The van der Waals surface area contributed by atoms with Gasteiger partial charge in [0.2, 0.25) is 0 Å². The number of hydrogen-bond acceptors (Lipinski definition) is 2. The Balaban J connectivity index is 1.84. The van der Waals surface area contributed by atoms with Gasteiger partial charge in [-0.1, -0.05) is 24.8 Å². The molecular formula is C21H26N2. The van der Waals surface area contributed by atoms with Crippen molar-refractivity contribution < 1.29 is 0 Å². The van der Waals surface area contributed by atoms with Gasteiger partial charge in [-0.25, -0.2) is 0 Å². The third-order valence-corrected chi connectivity index (χ3v) is 4.74. The third-order valence-electron chi connectivity index (χ3n) is 4.74. The molecule has 0 aromatic heterocycles. The molecule has 2 aromatic carbocycles. The van der Waals surface area contributed by atoms with Crippen molar-refractivity contribution in [3.05, 3.63) is 65.7 Å². The van der Waals surface area contributed by atoms with Crippen LogP contribution in [0, 0.1) is 6.92 Å². The topological polar surface area (TPSA) is 6.48 Å². The van der Waals surface area contributed by atoms with Crippen LogP contribution in [0.1, 0.15) is 29.5 Å². The summed E-state index contributed by atoms with van der Waals surface area (Å²) in [4.78, 5) is 4.59. The van der Waals surface area contributed by atoms with Gasteiger partial charge >= 0.3 is 0 Å². The molecule has 0 spiro atoms. The van der Waals surface area contributed by atoms with Crippen molar-refractivity contribution in [1.29, 1.82) is 0 Å². The number of anilines is 2.